The molecule has 0 aromatic heterocycles. The van der Waals surface area contributed by atoms with Crippen molar-refractivity contribution in [2.24, 2.45) is 11.1 Å². The first-order chi connectivity index (χ1) is 7.86. The molecule has 0 aliphatic heterocycles. The molecule has 0 saturated heterocycles. The molecule has 1 aliphatic carbocycles. The van der Waals surface area contributed by atoms with E-state index in [2.05, 4.69) is 29.8 Å². The predicted molar refractivity (Wildman–Crippen MR) is 72.4 cm³/mol. The quantitative estimate of drug-likeness (QED) is 0.876. The minimum Gasteiger partial charge on any atom is -0.324 e. The lowest BCUT2D eigenvalue weighted by Gasteiger charge is -2.38. The molecule has 94 valence electrons. The van der Waals surface area contributed by atoms with Crippen molar-refractivity contribution in [3.05, 3.63) is 34.1 Å². The maximum Gasteiger partial charge on any atom is 0.137 e. The highest BCUT2D eigenvalue weighted by atomic mass is 79.9. The van der Waals surface area contributed by atoms with Crippen molar-refractivity contribution in [3.8, 4) is 0 Å². The van der Waals surface area contributed by atoms with Crippen LogP contribution in [0, 0.1) is 11.2 Å². The SMILES string of the molecule is CC1(C)CCCC1(N)Cc1cccc(F)c1Br. The van der Waals surface area contributed by atoms with Gasteiger partial charge in [0.05, 0.1) is 4.47 Å². The van der Waals surface area contributed by atoms with Crippen molar-refractivity contribution < 1.29 is 4.39 Å². The smallest absolute Gasteiger partial charge is 0.137 e. The van der Waals surface area contributed by atoms with Gasteiger partial charge in [0.1, 0.15) is 5.82 Å². The second-order valence-corrected chi connectivity index (χ2v) is 6.58. The van der Waals surface area contributed by atoms with Gasteiger partial charge in [-0.2, -0.15) is 0 Å². The van der Waals surface area contributed by atoms with E-state index in [0.29, 0.717) is 4.47 Å². The van der Waals surface area contributed by atoms with E-state index >= 15 is 0 Å². The summed E-state index contributed by atoms with van der Waals surface area (Å²) in [4.78, 5) is 0. The maximum absolute atomic E-state index is 13.5. The third-order valence-electron chi connectivity index (χ3n) is 4.31. The molecule has 1 atom stereocenters. The first kappa shape index (κ1) is 13.0. The molecule has 2 N–H and O–H groups in total. The third kappa shape index (κ3) is 2.27. The Kier molecular flexibility index (Phi) is 3.34. The van der Waals surface area contributed by atoms with Gasteiger partial charge in [0.2, 0.25) is 0 Å². The molecule has 0 spiro atoms. The molecule has 0 amide bonds. The van der Waals surface area contributed by atoms with Gasteiger partial charge >= 0.3 is 0 Å². The number of halogens is 2. The van der Waals surface area contributed by atoms with E-state index < -0.39 is 0 Å². The van der Waals surface area contributed by atoms with E-state index in [1.165, 1.54) is 6.07 Å². The molecular weight excluding hydrogens is 281 g/mol. The predicted octanol–water partition coefficient (Wildman–Crippen LogP) is 4.04. The van der Waals surface area contributed by atoms with Gasteiger partial charge in [-0.3, -0.25) is 0 Å². The zero-order valence-electron chi connectivity index (χ0n) is 10.4. The van der Waals surface area contributed by atoms with Gasteiger partial charge in [-0.05, 0) is 52.2 Å². The minimum atomic E-state index is -0.219. The van der Waals surface area contributed by atoms with Crippen molar-refractivity contribution in [1.82, 2.24) is 0 Å². The standard InChI is InChI=1S/C14H19BrFN/c1-13(2)7-4-8-14(13,17)9-10-5-3-6-11(16)12(10)15/h3,5-6H,4,7-9,17H2,1-2H3. The van der Waals surface area contributed by atoms with Crippen molar-refractivity contribution in [1.29, 1.82) is 0 Å². The first-order valence-electron chi connectivity index (χ1n) is 6.07. The average Bonchev–Trinajstić information content (AvgIpc) is 2.49. The second kappa shape index (κ2) is 4.36. The molecule has 0 bridgehead atoms. The topological polar surface area (TPSA) is 26.0 Å². The normalized spacial score (nSPS) is 27.4. The van der Waals surface area contributed by atoms with Crippen LogP contribution in [-0.4, -0.2) is 5.54 Å². The highest BCUT2D eigenvalue weighted by Crippen LogP contribution is 2.46. The van der Waals surface area contributed by atoms with Gasteiger partial charge in [-0.15, -0.1) is 0 Å². The molecule has 17 heavy (non-hydrogen) atoms. The van der Waals surface area contributed by atoms with Crippen LogP contribution in [0.5, 0.6) is 0 Å². The Hall–Kier alpha value is -0.410. The summed E-state index contributed by atoms with van der Waals surface area (Å²) in [6.45, 7) is 4.43. The fourth-order valence-electron chi connectivity index (χ4n) is 2.79. The molecule has 1 aromatic rings. The Morgan fingerprint density at radius 3 is 2.65 bits per heavy atom. The van der Waals surface area contributed by atoms with Gasteiger partial charge in [-0.1, -0.05) is 32.4 Å². The van der Waals surface area contributed by atoms with Gasteiger partial charge in [0.15, 0.2) is 0 Å². The largest absolute Gasteiger partial charge is 0.324 e. The maximum atomic E-state index is 13.5. The van der Waals surface area contributed by atoms with Crippen LogP contribution < -0.4 is 5.73 Å². The summed E-state index contributed by atoms with van der Waals surface area (Å²) in [6.07, 6.45) is 4.06. The Balaban J connectivity index is 2.29. The lowest BCUT2D eigenvalue weighted by atomic mass is 9.72. The Morgan fingerprint density at radius 1 is 1.35 bits per heavy atom. The van der Waals surface area contributed by atoms with Gasteiger partial charge < -0.3 is 5.73 Å². The highest BCUT2D eigenvalue weighted by Gasteiger charge is 2.45. The molecule has 1 unspecified atom stereocenters. The van der Waals surface area contributed by atoms with Crippen LogP contribution in [0.25, 0.3) is 0 Å². The zero-order valence-corrected chi connectivity index (χ0v) is 12.0. The number of benzene rings is 1. The molecule has 1 fully saturated rings. The van der Waals surface area contributed by atoms with Crippen molar-refractivity contribution in [2.45, 2.75) is 45.1 Å². The molecule has 0 radical (unpaired) electrons. The second-order valence-electron chi connectivity index (χ2n) is 5.78. The summed E-state index contributed by atoms with van der Waals surface area (Å²) >= 11 is 3.32. The van der Waals surface area contributed by atoms with Gasteiger partial charge in [0.25, 0.3) is 0 Å². The van der Waals surface area contributed by atoms with E-state index in [1.54, 1.807) is 6.07 Å². The summed E-state index contributed by atoms with van der Waals surface area (Å²) in [5.74, 6) is -0.207. The molecule has 2 rings (SSSR count). The summed E-state index contributed by atoms with van der Waals surface area (Å²) in [5, 5.41) is 0. The molecule has 0 heterocycles. The first-order valence-corrected chi connectivity index (χ1v) is 6.87. The van der Waals surface area contributed by atoms with Crippen molar-refractivity contribution >= 4 is 15.9 Å². The van der Waals surface area contributed by atoms with Crippen LogP contribution >= 0.6 is 15.9 Å². The molecule has 3 heteroatoms. The molecular formula is C14H19BrFN. The van der Waals surface area contributed by atoms with E-state index in [0.717, 1.165) is 31.2 Å². The van der Waals surface area contributed by atoms with E-state index in [1.807, 2.05) is 6.07 Å². The van der Waals surface area contributed by atoms with E-state index in [9.17, 15) is 4.39 Å². The number of rotatable bonds is 2. The third-order valence-corrected chi connectivity index (χ3v) is 5.20. The molecule has 1 aliphatic rings. The monoisotopic (exact) mass is 299 g/mol. The van der Waals surface area contributed by atoms with Crippen LogP contribution in [0.1, 0.15) is 38.7 Å². The average molecular weight is 300 g/mol. The lowest BCUT2D eigenvalue weighted by molar-refractivity contribution is 0.206. The fraction of sp³-hybridized carbons (Fsp3) is 0.571. The fourth-order valence-corrected chi connectivity index (χ4v) is 3.19. The number of hydrogen-bond acceptors (Lipinski definition) is 1. The summed E-state index contributed by atoms with van der Waals surface area (Å²) < 4.78 is 14.0. The zero-order chi connectivity index (χ0) is 12.7. The number of hydrogen-bond donors (Lipinski definition) is 1. The van der Waals surface area contributed by atoms with Crippen molar-refractivity contribution in [2.75, 3.05) is 0 Å². The van der Waals surface area contributed by atoms with Crippen LogP contribution in [-0.2, 0) is 6.42 Å². The summed E-state index contributed by atoms with van der Waals surface area (Å²) in [6, 6.07) is 5.17. The van der Waals surface area contributed by atoms with Gasteiger partial charge in [0, 0.05) is 5.54 Å². The van der Waals surface area contributed by atoms with Crippen LogP contribution in [0.4, 0.5) is 4.39 Å². The summed E-state index contributed by atoms with van der Waals surface area (Å²) in [7, 11) is 0. The van der Waals surface area contributed by atoms with Crippen LogP contribution in [0.15, 0.2) is 22.7 Å². The Labute approximate surface area is 111 Å². The molecule has 1 saturated carbocycles. The number of nitrogens with two attached hydrogens (primary N) is 1. The van der Waals surface area contributed by atoms with Crippen LogP contribution in [0.3, 0.4) is 0 Å². The van der Waals surface area contributed by atoms with E-state index in [4.69, 9.17) is 5.73 Å². The van der Waals surface area contributed by atoms with Crippen molar-refractivity contribution in [3.63, 3.8) is 0 Å². The van der Waals surface area contributed by atoms with Gasteiger partial charge in [-0.25, -0.2) is 4.39 Å². The Morgan fingerprint density at radius 2 is 2.06 bits per heavy atom. The van der Waals surface area contributed by atoms with Crippen LogP contribution in [0.2, 0.25) is 0 Å². The lowest BCUT2D eigenvalue weighted by Crippen LogP contribution is -2.50. The minimum absolute atomic E-state index is 0.124. The van der Waals surface area contributed by atoms with E-state index in [-0.39, 0.29) is 16.8 Å². The highest BCUT2D eigenvalue weighted by molar-refractivity contribution is 9.10. The molecule has 1 aromatic carbocycles. The summed E-state index contributed by atoms with van der Waals surface area (Å²) in [5.41, 5.74) is 7.42. The molecule has 1 nitrogen and oxygen atoms in total. The Bertz CT molecular complexity index is 430.